The minimum absolute atomic E-state index is 0.0208. The van der Waals surface area contributed by atoms with Crippen LogP contribution in [-0.2, 0) is 31.4 Å². The van der Waals surface area contributed by atoms with Gasteiger partial charge in [0.05, 0.1) is 36.9 Å². The van der Waals surface area contributed by atoms with Crippen LogP contribution in [0.25, 0.3) is 0 Å². The van der Waals surface area contributed by atoms with Crippen molar-refractivity contribution in [2.24, 2.45) is 23.7 Å². The lowest BCUT2D eigenvalue weighted by Gasteiger charge is -2.47. The number of aliphatic hydroxyl groups is 1. The van der Waals surface area contributed by atoms with Crippen LogP contribution in [0.15, 0.2) is 53.4 Å². The highest BCUT2D eigenvalue weighted by atomic mass is 35.5. The van der Waals surface area contributed by atoms with Crippen molar-refractivity contribution < 1.29 is 27.8 Å². The Labute approximate surface area is 301 Å². The lowest BCUT2D eigenvalue weighted by atomic mass is 9.64. The minimum Gasteiger partial charge on any atom is -0.490 e. The maximum absolute atomic E-state index is 13.7. The van der Waals surface area contributed by atoms with Crippen molar-refractivity contribution in [1.82, 2.24) is 9.62 Å². The normalized spacial score (nSPS) is 33.3. The van der Waals surface area contributed by atoms with Crippen LogP contribution in [0.5, 0.6) is 5.75 Å². The Bertz CT molecular complexity index is 1820. The first-order chi connectivity index (χ1) is 24.0. The summed E-state index contributed by atoms with van der Waals surface area (Å²) in [7, 11) is -4.15. The first-order valence-corrected chi connectivity index (χ1v) is 19.9. The van der Waals surface area contributed by atoms with Crippen LogP contribution in [0.1, 0.15) is 57.1 Å². The molecule has 11 heteroatoms. The molecule has 2 bridgehead atoms. The Balaban J connectivity index is 1.29. The van der Waals surface area contributed by atoms with E-state index in [4.69, 9.17) is 21.1 Å². The van der Waals surface area contributed by atoms with Crippen molar-refractivity contribution in [3.05, 3.63) is 64.7 Å². The SMILES string of the molecule is C[C@H]1C/C=C/[C@@](O)(C#CCN2CCOCC2)[C@@H]2CC[C@H]2CN2C[C@@]3(CCCc4cc(Cl)ccc43)COc3ccc(cc32)S(=O)(=O)NC(=O)[C@@H]1C. The number of nitrogens with one attached hydrogen (secondary N) is 1. The first-order valence-electron chi connectivity index (χ1n) is 18.0. The fraction of sp³-hybridized carbons (Fsp3) is 0.564. The monoisotopic (exact) mass is 721 g/mol. The number of hydrogen-bond donors (Lipinski definition) is 2. The zero-order chi connectivity index (χ0) is 35.1. The number of nitrogens with zero attached hydrogens (tertiary/aromatic N) is 2. The molecular weight excluding hydrogens is 674 g/mol. The lowest BCUT2D eigenvalue weighted by molar-refractivity contribution is -0.124. The Kier molecular flexibility index (Phi) is 10.0. The van der Waals surface area contributed by atoms with Crippen molar-refractivity contribution >= 4 is 33.2 Å². The van der Waals surface area contributed by atoms with Crippen LogP contribution < -0.4 is 14.4 Å². The van der Waals surface area contributed by atoms with Gasteiger partial charge in [-0.25, -0.2) is 13.1 Å². The van der Waals surface area contributed by atoms with Crippen LogP contribution in [0.4, 0.5) is 5.69 Å². The van der Waals surface area contributed by atoms with E-state index < -0.39 is 27.4 Å². The van der Waals surface area contributed by atoms with Gasteiger partial charge in [-0.15, -0.1) is 0 Å². The van der Waals surface area contributed by atoms with Crippen molar-refractivity contribution in [3.63, 3.8) is 0 Å². The molecule has 3 aliphatic heterocycles. The van der Waals surface area contributed by atoms with Crippen molar-refractivity contribution in [2.45, 2.75) is 68.3 Å². The molecule has 50 heavy (non-hydrogen) atoms. The van der Waals surface area contributed by atoms with E-state index in [9.17, 15) is 18.3 Å². The summed E-state index contributed by atoms with van der Waals surface area (Å²) in [5.41, 5.74) is 1.42. The maximum Gasteiger partial charge on any atom is 0.264 e. The number of fused-ring (bicyclic) bond motifs is 4. The number of ether oxygens (including phenoxy) is 2. The highest BCUT2D eigenvalue weighted by Gasteiger charge is 2.48. The standard InChI is InChI=1S/C39H48ClN3O6S/c1-27-6-3-15-39(45,16-5-17-42-18-20-48-21-19-42)34-11-8-30(34)24-43-25-38(14-4-7-29-22-31(40)9-12-33(29)38)26-49-36-13-10-32(23-35(36)43)50(46,47)41-37(44)28(27)2/h3,9-10,12-13,15,22-23,27-28,30,34,45H,4,6-8,11,14,17-21,24-26H2,1-2H3,(H,41,44)/b15-3+/t27-,28+,30-,34+,38-,39+/m0/s1. The fourth-order valence-electron chi connectivity index (χ4n) is 8.43. The third kappa shape index (κ3) is 7.05. The van der Waals surface area contributed by atoms with Gasteiger partial charge in [0.1, 0.15) is 11.4 Å². The number of carbonyl (C=O) groups is 1. The van der Waals surface area contributed by atoms with Crippen molar-refractivity contribution in [3.8, 4) is 17.6 Å². The Morgan fingerprint density at radius 2 is 1.94 bits per heavy atom. The van der Waals surface area contributed by atoms with Gasteiger partial charge in [0.25, 0.3) is 10.0 Å². The average molecular weight is 722 g/mol. The summed E-state index contributed by atoms with van der Waals surface area (Å²) < 4.78 is 41.8. The number of sulfonamides is 1. The van der Waals surface area contributed by atoms with E-state index >= 15 is 0 Å². The number of benzene rings is 2. The van der Waals surface area contributed by atoms with Gasteiger partial charge in [-0.2, -0.15) is 0 Å². The fourth-order valence-corrected chi connectivity index (χ4v) is 9.71. The maximum atomic E-state index is 13.7. The van der Waals surface area contributed by atoms with Gasteiger partial charge >= 0.3 is 0 Å². The molecule has 9 nitrogen and oxygen atoms in total. The molecule has 3 heterocycles. The molecule has 6 atom stereocenters. The number of hydrogen-bond acceptors (Lipinski definition) is 8. The number of aryl methyl sites for hydroxylation is 1. The van der Waals surface area contributed by atoms with E-state index in [-0.39, 0.29) is 28.1 Å². The smallest absolute Gasteiger partial charge is 0.264 e. The van der Waals surface area contributed by atoms with Gasteiger partial charge < -0.3 is 19.5 Å². The highest BCUT2D eigenvalue weighted by Crippen LogP contribution is 2.48. The zero-order valence-electron chi connectivity index (χ0n) is 29.0. The number of rotatable bonds is 1. The molecule has 1 spiro atoms. The molecule has 0 unspecified atom stereocenters. The predicted octanol–water partition coefficient (Wildman–Crippen LogP) is 4.94. The van der Waals surface area contributed by atoms with E-state index in [1.807, 2.05) is 25.1 Å². The van der Waals surface area contributed by atoms with Gasteiger partial charge in [-0.3, -0.25) is 9.69 Å². The molecule has 2 aromatic rings. The molecular formula is C39H48ClN3O6S. The quantitative estimate of drug-likeness (QED) is 0.315. The Morgan fingerprint density at radius 1 is 1.12 bits per heavy atom. The topological polar surface area (TPSA) is 108 Å². The van der Waals surface area contributed by atoms with E-state index in [1.54, 1.807) is 19.1 Å². The molecule has 2 aliphatic carbocycles. The summed E-state index contributed by atoms with van der Waals surface area (Å²) in [6.45, 7) is 8.87. The molecule has 1 amide bonds. The molecule has 1 saturated carbocycles. The van der Waals surface area contributed by atoms with Crippen molar-refractivity contribution in [2.75, 3.05) is 57.4 Å². The predicted molar refractivity (Wildman–Crippen MR) is 194 cm³/mol. The molecule has 2 aromatic carbocycles. The molecule has 5 aliphatic rings. The second-order valence-corrected chi connectivity index (χ2v) is 17.2. The number of amides is 1. The van der Waals surface area contributed by atoms with Crippen LogP contribution in [0, 0.1) is 35.5 Å². The molecule has 1 saturated heterocycles. The highest BCUT2D eigenvalue weighted by molar-refractivity contribution is 7.90. The molecule has 0 aromatic heterocycles. The van der Waals surface area contributed by atoms with Gasteiger partial charge in [-0.1, -0.05) is 49.4 Å². The summed E-state index contributed by atoms with van der Waals surface area (Å²) in [5.74, 6) is 5.88. The summed E-state index contributed by atoms with van der Waals surface area (Å²) in [5, 5.41) is 13.1. The third-order valence-corrected chi connectivity index (χ3v) is 13.4. The number of anilines is 1. The van der Waals surface area contributed by atoms with E-state index in [1.165, 1.54) is 17.2 Å². The van der Waals surface area contributed by atoms with E-state index in [2.05, 4.69) is 38.5 Å². The third-order valence-electron chi connectivity index (χ3n) is 11.8. The molecule has 2 N–H and O–H groups in total. The first kappa shape index (κ1) is 35.3. The number of halogens is 1. The molecule has 0 radical (unpaired) electrons. The number of morpholine rings is 1. The summed E-state index contributed by atoms with van der Waals surface area (Å²) in [6, 6.07) is 11.0. The van der Waals surface area contributed by atoms with Crippen LogP contribution in [0.2, 0.25) is 5.02 Å². The average Bonchev–Trinajstić information content (AvgIpc) is 3.22. The number of allylic oxidation sites excluding steroid dienone is 1. The molecule has 7 rings (SSSR count). The Morgan fingerprint density at radius 3 is 2.72 bits per heavy atom. The van der Waals surface area contributed by atoms with E-state index in [0.29, 0.717) is 62.3 Å². The second kappa shape index (κ2) is 14.2. The zero-order valence-corrected chi connectivity index (χ0v) is 30.6. The molecule has 268 valence electrons. The number of carbonyl (C=O) groups excluding carboxylic acids is 1. The summed E-state index contributed by atoms with van der Waals surface area (Å²) in [4.78, 5) is 17.8. The van der Waals surface area contributed by atoms with Crippen LogP contribution in [-0.4, -0.2) is 82.5 Å². The van der Waals surface area contributed by atoms with E-state index in [0.717, 1.165) is 45.2 Å². The lowest BCUT2D eigenvalue weighted by Crippen LogP contribution is -2.52. The molecule has 2 fully saturated rings. The Hall–Kier alpha value is -3.07. The summed E-state index contributed by atoms with van der Waals surface area (Å²) in [6.07, 6.45) is 8.83. The van der Waals surface area contributed by atoms with Gasteiger partial charge in [0.15, 0.2) is 0 Å². The van der Waals surface area contributed by atoms with Gasteiger partial charge in [0.2, 0.25) is 5.91 Å². The van der Waals surface area contributed by atoms with Crippen molar-refractivity contribution in [1.29, 1.82) is 0 Å². The van der Waals surface area contributed by atoms with Crippen LogP contribution >= 0.6 is 11.6 Å². The van der Waals surface area contributed by atoms with Gasteiger partial charge in [0, 0.05) is 48.5 Å². The second-order valence-electron chi connectivity index (χ2n) is 15.1. The van der Waals surface area contributed by atoms with Crippen LogP contribution in [0.3, 0.4) is 0 Å². The largest absolute Gasteiger partial charge is 0.490 e. The summed E-state index contributed by atoms with van der Waals surface area (Å²) >= 11 is 6.45. The van der Waals surface area contributed by atoms with Gasteiger partial charge in [-0.05, 0) is 97.9 Å². The minimum atomic E-state index is -4.15.